The quantitative estimate of drug-likeness (QED) is 0.776. The van der Waals surface area contributed by atoms with E-state index in [1.54, 1.807) is 12.1 Å². The predicted molar refractivity (Wildman–Crippen MR) is 76.8 cm³/mol. The number of halogens is 1. The Labute approximate surface area is 117 Å². The van der Waals surface area contributed by atoms with Gasteiger partial charge in [0.15, 0.2) is 0 Å². The molecule has 1 aliphatic rings. The van der Waals surface area contributed by atoms with Crippen molar-refractivity contribution in [3.8, 4) is 0 Å². The van der Waals surface area contributed by atoms with E-state index in [1.807, 2.05) is 25.1 Å². The van der Waals surface area contributed by atoms with Crippen molar-refractivity contribution in [1.82, 2.24) is 5.32 Å². The smallest absolute Gasteiger partial charge is 0.241 e. The fourth-order valence-corrected chi connectivity index (χ4v) is 2.31. The van der Waals surface area contributed by atoms with E-state index in [4.69, 9.17) is 11.6 Å². The van der Waals surface area contributed by atoms with Crippen molar-refractivity contribution in [2.45, 2.75) is 18.6 Å². The van der Waals surface area contributed by atoms with Crippen LogP contribution in [0.3, 0.4) is 0 Å². The Bertz CT molecular complexity index is 479. The van der Waals surface area contributed by atoms with Crippen molar-refractivity contribution < 1.29 is 9.90 Å². The Kier molecular flexibility index (Phi) is 4.29. The molecular weight excluding hydrogens is 266 g/mol. The first-order valence-electron chi connectivity index (χ1n) is 6.16. The molecule has 6 heteroatoms. The lowest BCUT2D eigenvalue weighted by Gasteiger charge is -2.19. The summed E-state index contributed by atoms with van der Waals surface area (Å²) in [5.74, 6) is -0.151. The van der Waals surface area contributed by atoms with E-state index in [0.717, 1.165) is 5.69 Å². The normalized spacial score (nSPS) is 22.3. The van der Waals surface area contributed by atoms with Crippen LogP contribution in [0.1, 0.15) is 6.42 Å². The van der Waals surface area contributed by atoms with E-state index in [-0.39, 0.29) is 11.9 Å². The van der Waals surface area contributed by atoms with Gasteiger partial charge in [-0.1, -0.05) is 11.6 Å². The van der Waals surface area contributed by atoms with Crippen molar-refractivity contribution in [3.05, 3.63) is 23.2 Å². The summed E-state index contributed by atoms with van der Waals surface area (Å²) in [5.41, 5.74) is 1.56. The number of benzene rings is 1. The molecule has 5 nitrogen and oxygen atoms in total. The van der Waals surface area contributed by atoms with E-state index in [1.165, 1.54) is 0 Å². The molecule has 19 heavy (non-hydrogen) atoms. The predicted octanol–water partition coefficient (Wildman–Crippen LogP) is 1.07. The Hall–Kier alpha value is -1.30. The van der Waals surface area contributed by atoms with Gasteiger partial charge in [0, 0.05) is 25.7 Å². The number of β-amino-alcohol motifs (C(OH)–C–C–N with tert-alkyl or cyclic N) is 1. The number of rotatable bonds is 3. The molecule has 1 saturated heterocycles. The van der Waals surface area contributed by atoms with E-state index in [2.05, 4.69) is 10.6 Å². The lowest BCUT2D eigenvalue weighted by atomic mass is 10.2. The topological polar surface area (TPSA) is 64.6 Å². The summed E-state index contributed by atoms with van der Waals surface area (Å²) in [6.45, 7) is 0.453. The van der Waals surface area contributed by atoms with Crippen LogP contribution >= 0.6 is 11.6 Å². The molecule has 3 N–H and O–H groups in total. The maximum atomic E-state index is 12.1. The second-order valence-electron chi connectivity index (χ2n) is 4.90. The molecule has 1 amide bonds. The van der Waals surface area contributed by atoms with Crippen LogP contribution in [0.5, 0.6) is 0 Å². The van der Waals surface area contributed by atoms with Crippen LogP contribution in [0.4, 0.5) is 11.4 Å². The zero-order chi connectivity index (χ0) is 14.0. The standard InChI is InChI=1S/C13H18ClN3O2/c1-17(2)12-4-3-8(14)5-10(12)16-13(19)11-6-9(18)7-15-11/h3-5,9,11,15,18H,6-7H2,1-2H3,(H,16,19). The van der Waals surface area contributed by atoms with Crippen LogP contribution in [-0.4, -0.2) is 43.8 Å². The van der Waals surface area contributed by atoms with E-state index < -0.39 is 6.10 Å². The second kappa shape index (κ2) is 5.77. The molecular formula is C13H18ClN3O2. The molecule has 0 bridgehead atoms. The zero-order valence-corrected chi connectivity index (χ0v) is 11.7. The van der Waals surface area contributed by atoms with Crippen LogP contribution < -0.4 is 15.5 Å². The number of carbonyl (C=O) groups is 1. The van der Waals surface area contributed by atoms with Crippen LogP contribution in [0, 0.1) is 0 Å². The summed E-state index contributed by atoms with van der Waals surface area (Å²) >= 11 is 5.96. The summed E-state index contributed by atoms with van der Waals surface area (Å²) in [4.78, 5) is 14.0. The third kappa shape index (κ3) is 3.37. The lowest BCUT2D eigenvalue weighted by molar-refractivity contribution is -0.117. The minimum Gasteiger partial charge on any atom is -0.392 e. The number of hydrogen-bond donors (Lipinski definition) is 3. The maximum absolute atomic E-state index is 12.1. The molecule has 104 valence electrons. The average molecular weight is 284 g/mol. The van der Waals surface area contributed by atoms with Crippen molar-refractivity contribution in [2.24, 2.45) is 0 Å². The average Bonchev–Trinajstić information content (AvgIpc) is 2.75. The highest BCUT2D eigenvalue weighted by atomic mass is 35.5. The second-order valence-corrected chi connectivity index (χ2v) is 5.33. The summed E-state index contributed by atoms with van der Waals surface area (Å²) in [6.07, 6.45) is -0.0209. The first-order valence-corrected chi connectivity index (χ1v) is 6.54. The Balaban J connectivity index is 2.14. The minimum atomic E-state index is -0.455. The molecule has 2 rings (SSSR count). The van der Waals surface area contributed by atoms with Crippen molar-refractivity contribution in [3.63, 3.8) is 0 Å². The summed E-state index contributed by atoms with van der Waals surface area (Å²) < 4.78 is 0. The molecule has 0 saturated carbocycles. The molecule has 1 aromatic carbocycles. The van der Waals surface area contributed by atoms with Gasteiger partial charge in [-0.05, 0) is 24.6 Å². The van der Waals surface area contributed by atoms with E-state index >= 15 is 0 Å². The molecule has 2 atom stereocenters. The number of amides is 1. The van der Waals surface area contributed by atoms with E-state index in [9.17, 15) is 9.90 Å². The van der Waals surface area contributed by atoms with Gasteiger partial charge in [-0.25, -0.2) is 0 Å². The number of carbonyl (C=O) groups excluding carboxylic acids is 1. The first-order chi connectivity index (χ1) is 8.97. The Morgan fingerprint density at radius 1 is 1.53 bits per heavy atom. The van der Waals surface area contributed by atoms with Crippen molar-refractivity contribution >= 4 is 28.9 Å². The van der Waals surface area contributed by atoms with Crippen molar-refractivity contribution in [1.29, 1.82) is 0 Å². The molecule has 0 radical (unpaired) electrons. The number of nitrogens with one attached hydrogen (secondary N) is 2. The molecule has 0 spiro atoms. The number of hydrogen-bond acceptors (Lipinski definition) is 4. The number of anilines is 2. The lowest BCUT2D eigenvalue weighted by Crippen LogP contribution is -2.35. The monoisotopic (exact) mass is 283 g/mol. The van der Waals surface area contributed by atoms with Crippen LogP contribution in [0.2, 0.25) is 5.02 Å². The van der Waals surface area contributed by atoms with Gasteiger partial charge in [-0.3, -0.25) is 4.79 Å². The third-order valence-corrected chi connectivity index (χ3v) is 3.36. The van der Waals surface area contributed by atoms with Gasteiger partial charge in [-0.15, -0.1) is 0 Å². The highest BCUT2D eigenvalue weighted by molar-refractivity contribution is 6.31. The van der Waals surface area contributed by atoms with Gasteiger partial charge in [0.1, 0.15) is 0 Å². The van der Waals surface area contributed by atoms with Gasteiger partial charge < -0.3 is 20.6 Å². The summed E-state index contributed by atoms with van der Waals surface area (Å²) in [7, 11) is 3.80. The van der Waals surface area contributed by atoms with Crippen LogP contribution in [-0.2, 0) is 4.79 Å². The Morgan fingerprint density at radius 2 is 2.26 bits per heavy atom. The molecule has 1 aromatic rings. The maximum Gasteiger partial charge on any atom is 0.241 e. The number of aliphatic hydroxyl groups excluding tert-OH is 1. The highest BCUT2D eigenvalue weighted by Crippen LogP contribution is 2.28. The molecule has 1 heterocycles. The minimum absolute atomic E-state index is 0.151. The number of aliphatic hydroxyl groups is 1. The third-order valence-electron chi connectivity index (χ3n) is 3.12. The van der Waals surface area contributed by atoms with Gasteiger partial charge in [0.2, 0.25) is 5.91 Å². The molecule has 2 unspecified atom stereocenters. The molecule has 1 aliphatic heterocycles. The SMILES string of the molecule is CN(C)c1ccc(Cl)cc1NC(=O)C1CC(O)CN1. The zero-order valence-electron chi connectivity index (χ0n) is 11.0. The van der Waals surface area contributed by atoms with Crippen LogP contribution in [0.15, 0.2) is 18.2 Å². The van der Waals surface area contributed by atoms with E-state index in [0.29, 0.717) is 23.7 Å². The molecule has 1 fully saturated rings. The fourth-order valence-electron chi connectivity index (χ4n) is 2.13. The summed E-state index contributed by atoms with van der Waals surface area (Å²) in [5, 5.41) is 15.8. The van der Waals surface area contributed by atoms with Crippen molar-refractivity contribution in [2.75, 3.05) is 30.9 Å². The summed E-state index contributed by atoms with van der Waals surface area (Å²) in [6, 6.07) is 5.00. The molecule has 0 aromatic heterocycles. The number of nitrogens with zero attached hydrogens (tertiary/aromatic N) is 1. The van der Waals surface area contributed by atoms with Gasteiger partial charge in [-0.2, -0.15) is 0 Å². The largest absolute Gasteiger partial charge is 0.392 e. The van der Waals surface area contributed by atoms with Gasteiger partial charge in [0.25, 0.3) is 0 Å². The highest BCUT2D eigenvalue weighted by Gasteiger charge is 2.28. The van der Waals surface area contributed by atoms with Gasteiger partial charge in [0.05, 0.1) is 23.5 Å². The Morgan fingerprint density at radius 3 is 2.84 bits per heavy atom. The fraction of sp³-hybridized carbons (Fsp3) is 0.462. The first kappa shape index (κ1) is 14.1. The van der Waals surface area contributed by atoms with Crippen LogP contribution in [0.25, 0.3) is 0 Å². The molecule has 0 aliphatic carbocycles. The van der Waals surface area contributed by atoms with Gasteiger partial charge >= 0.3 is 0 Å².